The van der Waals surface area contributed by atoms with Gasteiger partial charge in [-0.2, -0.15) is 4.98 Å². The molecule has 0 radical (unpaired) electrons. The van der Waals surface area contributed by atoms with E-state index in [1.165, 1.54) is 0 Å². The van der Waals surface area contributed by atoms with Crippen molar-refractivity contribution in [3.63, 3.8) is 0 Å². The number of hydrogen-bond donors (Lipinski definition) is 1. The van der Waals surface area contributed by atoms with Gasteiger partial charge in [-0.3, -0.25) is 19.1 Å². The number of aromatic nitrogens is 5. The highest BCUT2D eigenvalue weighted by atomic mass is 35.5. The van der Waals surface area contributed by atoms with Gasteiger partial charge in [-0.15, -0.1) is 0 Å². The summed E-state index contributed by atoms with van der Waals surface area (Å²) in [6, 6.07) is 12.0. The monoisotopic (exact) mass is 576 g/mol. The molecule has 13 heteroatoms. The van der Waals surface area contributed by atoms with Gasteiger partial charge in [-0.1, -0.05) is 11.6 Å². The lowest BCUT2D eigenvalue weighted by molar-refractivity contribution is -0.121. The van der Waals surface area contributed by atoms with Crippen molar-refractivity contribution >= 4 is 29.2 Å². The predicted octanol–water partition coefficient (Wildman–Crippen LogP) is 2.64. The fourth-order valence-corrected chi connectivity index (χ4v) is 4.71. The number of pyridine rings is 1. The zero-order chi connectivity index (χ0) is 28.6. The Kier molecular flexibility index (Phi) is 8.89. The number of anilines is 1. The number of benzene rings is 1. The molecule has 3 aromatic heterocycles. The molecule has 0 bridgehead atoms. The molecular weight excluding hydrogens is 548 g/mol. The van der Waals surface area contributed by atoms with Crippen LogP contribution in [0.1, 0.15) is 16.8 Å². The summed E-state index contributed by atoms with van der Waals surface area (Å²) in [6.07, 6.45) is 8.22. The van der Waals surface area contributed by atoms with Gasteiger partial charge in [0, 0.05) is 56.9 Å². The molecule has 4 aromatic rings. The van der Waals surface area contributed by atoms with Crippen LogP contribution >= 0.6 is 11.6 Å². The lowest BCUT2D eigenvalue weighted by Gasteiger charge is -2.42. The highest BCUT2D eigenvalue weighted by Gasteiger charge is 2.33. The van der Waals surface area contributed by atoms with E-state index >= 15 is 0 Å². The SMILES string of the molecule is COc1ccc(OCCNC(=O)CC2CN(C(=O)c3cccnc3)CCN2c2cc(Cl)nc(-n3ccnc3)n2)cc1. The van der Waals surface area contributed by atoms with Crippen molar-refractivity contribution in [2.24, 2.45) is 0 Å². The molecular formula is C28H29ClN8O4. The van der Waals surface area contributed by atoms with Crippen LogP contribution in [0.25, 0.3) is 5.95 Å². The molecule has 1 aromatic carbocycles. The van der Waals surface area contributed by atoms with Crippen molar-refractivity contribution in [2.75, 3.05) is 44.8 Å². The van der Waals surface area contributed by atoms with E-state index < -0.39 is 0 Å². The number of nitrogens with one attached hydrogen (secondary N) is 1. The Hall–Kier alpha value is -4.71. The molecule has 41 heavy (non-hydrogen) atoms. The minimum absolute atomic E-state index is 0.126. The number of carbonyl (C=O) groups is 2. The standard InChI is InChI=1S/C28H29ClN8O4/c1-40-22-4-6-23(7-5-22)41-14-10-32-26(38)15-21-18-35(27(39)20-3-2-8-30-17-20)12-13-37(21)25-16-24(29)33-28(34-25)36-11-9-31-19-36/h2-9,11,16-17,19,21H,10,12-15,18H2,1H3,(H,32,38). The van der Waals surface area contributed by atoms with Crippen LogP contribution in [0, 0.1) is 0 Å². The van der Waals surface area contributed by atoms with E-state index in [9.17, 15) is 9.59 Å². The maximum Gasteiger partial charge on any atom is 0.255 e. The molecule has 12 nitrogen and oxygen atoms in total. The van der Waals surface area contributed by atoms with E-state index in [-0.39, 0.29) is 29.4 Å². The second-order valence-electron chi connectivity index (χ2n) is 9.24. The molecule has 0 aliphatic carbocycles. The number of methoxy groups -OCH3 is 1. The first kappa shape index (κ1) is 27.8. The summed E-state index contributed by atoms with van der Waals surface area (Å²) >= 11 is 6.37. The number of ether oxygens (including phenoxy) is 2. The Morgan fingerprint density at radius 2 is 1.90 bits per heavy atom. The van der Waals surface area contributed by atoms with Crippen molar-refractivity contribution in [1.82, 2.24) is 34.7 Å². The average Bonchev–Trinajstić information content (AvgIpc) is 3.55. The summed E-state index contributed by atoms with van der Waals surface area (Å²) in [6.45, 7) is 1.81. The third-order valence-corrected chi connectivity index (χ3v) is 6.74. The molecule has 1 saturated heterocycles. The van der Waals surface area contributed by atoms with Gasteiger partial charge < -0.3 is 24.6 Å². The van der Waals surface area contributed by atoms with Crippen LogP contribution in [0.4, 0.5) is 5.82 Å². The molecule has 1 aliphatic rings. The third-order valence-electron chi connectivity index (χ3n) is 6.55. The molecule has 1 fully saturated rings. The summed E-state index contributed by atoms with van der Waals surface area (Å²) in [5, 5.41) is 3.17. The summed E-state index contributed by atoms with van der Waals surface area (Å²) in [5.74, 6) is 2.01. The molecule has 5 rings (SSSR count). The number of imidazole rings is 1. The summed E-state index contributed by atoms with van der Waals surface area (Å²) in [4.78, 5) is 47.1. The van der Waals surface area contributed by atoms with Gasteiger partial charge in [-0.05, 0) is 36.4 Å². The van der Waals surface area contributed by atoms with Crippen molar-refractivity contribution in [2.45, 2.75) is 12.5 Å². The average molecular weight is 577 g/mol. The topological polar surface area (TPSA) is 128 Å². The van der Waals surface area contributed by atoms with Gasteiger partial charge in [-0.25, -0.2) is 9.97 Å². The fourth-order valence-electron chi connectivity index (χ4n) is 4.54. The minimum atomic E-state index is -0.367. The number of piperazine rings is 1. The van der Waals surface area contributed by atoms with E-state index in [1.807, 2.05) is 17.0 Å². The van der Waals surface area contributed by atoms with Crippen molar-refractivity contribution in [3.05, 3.63) is 84.3 Å². The first-order valence-electron chi connectivity index (χ1n) is 13.0. The molecule has 1 unspecified atom stereocenters. The molecule has 2 amide bonds. The molecule has 0 saturated carbocycles. The summed E-state index contributed by atoms with van der Waals surface area (Å²) < 4.78 is 12.5. The van der Waals surface area contributed by atoms with Gasteiger partial charge in [0.2, 0.25) is 11.9 Å². The largest absolute Gasteiger partial charge is 0.497 e. The number of halogens is 1. The van der Waals surface area contributed by atoms with Crippen LogP contribution in [-0.4, -0.2) is 87.2 Å². The predicted molar refractivity (Wildman–Crippen MR) is 152 cm³/mol. The van der Waals surface area contributed by atoms with E-state index in [0.717, 1.165) is 5.75 Å². The third kappa shape index (κ3) is 7.09. The van der Waals surface area contributed by atoms with Crippen LogP contribution in [0.15, 0.2) is 73.6 Å². The van der Waals surface area contributed by atoms with Gasteiger partial charge >= 0.3 is 0 Å². The Morgan fingerprint density at radius 1 is 1.07 bits per heavy atom. The maximum atomic E-state index is 13.2. The second-order valence-corrected chi connectivity index (χ2v) is 9.62. The van der Waals surface area contributed by atoms with Crippen LogP contribution in [0.3, 0.4) is 0 Å². The first-order chi connectivity index (χ1) is 20.0. The molecule has 4 heterocycles. The van der Waals surface area contributed by atoms with Crippen LogP contribution in [-0.2, 0) is 4.79 Å². The highest BCUT2D eigenvalue weighted by molar-refractivity contribution is 6.29. The molecule has 1 N–H and O–H groups in total. The number of hydrogen-bond acceptors (Lipinski definition) is 9. The number of carbonyl (C=O) groups excluding carboxylic acids is 2. The molecule has 212 valence electrons. The van der Waals surface area contributed by atoms with Gasteiger partial charge in [0.25, 0.3) is 5.91 Å². The van der Waals surface area contributed by atoms with Crippen LogP contribution < -0.4 is 19.7 Å². The number of nitrogens with zero attached hydrogens (tertiary/aromatic N) is 7. The fraction of sp³-hybridized carbons (Fsp3) is 0.286. The zero-order valence-electron chi connectivity index (χ0n) is 22.4. The number of rotatable bonds is 10. The first-order valence-corrected chi connectivity index (χ1v) is 13.4. The quantitative estimate of drug-likeness (QED) is 0.224. The van der Waals surface area contributed by atoms with Crippen LogP contribution in [0.5, 0.6) is 11.5 Å². The van der Waals surface area contributed by atoms with Gasteiger partial charge in [0.1, 0.15) is 35.4 Å². The summed E-state index contributed by atoms with van der Waals surface area (Å²) in [5.41, 5.74) is 0.493. The van der Waals surface area contributed by atoms with E-state index in [0.29, 0.717) is 55.9 Å². The smallest absolute Gasteiger partial charge is 0.255 e. The van der Waals surface area contributed by atoms with Crippen molar-refractivity contribution in [1.29, 1.82) is 0 Å². The Morgan fingerprint density at radius 3 is 2.63 bits per heavy atom. The van der Waals surface area contributed by atoms with Crippen molar-refractivity contribution < 1.29 is 19.1 Å². The van der Waals surface area contributed by atoms with Crippen LogP contribution in [0.2, 0.25) is 5.15 Å². The molecule has 1 aliphatic heterocycles. The van der Waals surface area contributed by atoms with E-state index in [4.69, 9.17) is 21.1 Å². The Balaban J connectivity index is 1.28. The normalized spacial score (nSPS) is 14.9. The number of amides is 2. The summed E-state index contributed by atoms with van der Waals surface area (Å²) in [7, 11) is 1.60. The maximum absolute atomic E-state index is 13.2. The molecule has 0 spiro atoms. The lowest BCUT2D eigenvalue weighted by Crippen LogP contribution is -2.56. The van der Waals surface area contributed by atoms with E-state index in [1.54, 1.807) is 78.0 Å². The lowest BCUT2D eigenvalue weighted by atomic mass is 10.1. The zero-order valence-corrected chi connectivity index (χ0v) is 23.1. The van der Waals surface area contributed by atoms with Gasteiger partial charge in [0.05, 0.1) is 25.3 Å². The van der Waals surface area contributed by atoms with E-state index in [2.05, 4.69) is 25.3 Å². The second kappa shape index (κ2) is 13.1. The minimum Gasteiger partial charge on any atom is -0.497 e. The highest BCUT2D eigenvalue weighted by Crippen LogP contribution is 2.25. The molecule has 1 atom stereocenters. The van der Waals surface area contributed by atoms with Gasteiger partial charge in [0.15, 0.2) is 0 Å². The van der Waals surface area contributed by atoms with Crippen molar-refractivity contribution in [3.8, 4) is 17.4 Å². The Labute approximate surface area is 241 Å². The Bertz CT molecular complexity index is 1450.